The molecule has 22 heavy (non-hydrogen) atoms. The van der Waals surface area contributed by atoms with E-state index >= 15 is 0 Å². The number of rotatable bonds is 8. The number of likely N-dealkylation sites (N-methyl/N-ethyl adjacent to an activating group) is 1. The van der Waals surface area contributed by atoms with Gasteiger partial charge in [-0.3, -0.25) is 4.79 Å². The summed E-state index contributed by atoms with van der Waals surface area (Å²) in [6.07, 6.45) is 0.968. The average Bonchev–Trinajstić information content (AvgIpc) is 3.09. The summed E-state index contributed by atoms with van der Waals surface area (Å²) in [4.78, 5) is 17.2. The smallest absolute Gasteiger partial charge is 0.227 e. The summed E-state index contributed by atoms with van der Waals surface area (Å²) < 4.78 is 0. The van der Waals surface area contributed by atoms with E-state index < -0.39 is 0 Å². The lowest BCUT2D eigenvalue weighted by Crippen LogP contribution is -2.41. The fourth-order valence-electron chi connectivity index (χ4n) is 3.00. The Labute approximate surface area is 134 Å². The lowest BCUT2D eigenvalue weighted by Gasteiger charge is -2.28. The predicted molar refractivity (Wildman–Crippen MR) is 90.6 cm³/mol. The second-order valence-corrected chi connectivity index (χ2v) is 5.96. The van der Waals surface area contributed by atoms with E-state index in [4.69, 9.17) is 0 Å². The summed E-state index contributed by atoms with van der Waals surface area (Å²) in [5.74, 6) is 0.460. The number of carbonyl (C=O) groups excluding carboxylic acids is 1. The zero-order chi connectivity index (χ0) is 15.8. The molecule has 1 amide bonds. The number of amides is 1. The van der Waals surface area contributed by atoms with Crippen molar-refractivity contribution in [3.63, 3.8) is 0 Å². The number of benzene rings is 1. The van der Waals surface area contributed by atoms with Gasteiger partial charge in [0.05, 0.1) is 5.92 Å². The minimum atomic E-state index is 0.153. The van der Waals surface area contributed by atoms with Gasteiger partial charge in [0.15, 0.2) is 0 Å². The van der Waals surface area contributed by atoms with E-state index in [1.807, 2.05) is 23.1 Å². The molecule has 1 atom stereocenters. The van der Waals surface area contributed by atoms with Gasteiger partial charge in [-0.1, -0.05) is 44.2 Å². The quantitative estimate of drug-likeness (QED) is 0.797. The molecule has 0 radical (unpaired) electrons. The molecule has 1 saturated heterocycles. The molecule has 1 aliphatic heterocycles. The van der Waals surface area contributed by atoms with Crippen LogP contribution in [0.3, 0.4) is 0 Å². The Kier molecular flexibility index (Phi) is 6.87. The molecule has 4 nitrogen and oxygen atoms in total. The van der Waals surface area contributed by atoms with Gasteiger partial charge in [0.25, 0.3) is 0 Å². The van der Waals surface area contributed by atoms with Gasteiger partial charge < -0.3 is 15.1 Å². The molecule has 1 unspecified atom stereocenters. The van der Waals surface area contributed by atoms with E-state index in [-0.39, 0.29) is 5.92 Å². The molecule has 0 bridgehead atoms. The summed E-state index contributed by atoms with van der Waals surface area (Å²) in [5, 5.41) is 3.30. The van der Waals surface area contributed by atoms with Gasteiger partial charge in [-0.25, -0.2) is 0 Å². The topological polar surface area (TPSA) is 35.6 Å². The maximum Gasteiger partial charge on any atom is 0.227 e. The summed E-state index contributed by atoms with van der Waals surface area (Å²) in [6.45, 7) is 10.7. The monoisotopic (exact) mass is 303 g/mol. The Morgan fingerprint density at radius 3 is 2.50 bits per heavy atom. The number of nitrogens with zero attached hydrogens (tertiary/aromatic N) is 2. The molecule has 1 N–H and O–H groups in total. The van der Waals surface area contributed by atoms with Crippen molar-refractivity contribution < 1.29 is 4.79 Å². The number of hydrogen-bond acceptors (Lipinski definition) is 3. The Hall–Kier alpha value is -1.39. The lowest BCUT2D eigenvalue weighted by molar-refractivity contribution is -0.135. The van der Waals surface area contributed by atoms with Gasteiger partial charge in [-0.15, -0.1) is 0 Å². The fourth-order valence-corrected chi connectivity index (χ4v) is 3.00. The van der Waals surface area contributed by atoms with Crippen molar-refractivity contribution in [2.24, 2.45) is 5.92 Å². The van der Waals surface area contributed by atoms with Crippen LogP contribution in [-0.4, -0.2) is 55.0 Å². The van der Waals surface area contributed by atoms with Crippen LogP contribution in [0.5, 0.6) is 0 Å². The molecular formula is C18H29N3O. The van der Waals surface area contributed by atoms with Gasteiger partial charge in [0, 0.05) is 26.2 Å². The van der Waals surface area contributed by atoms with Crippen molar-refractivity contribution in [1.82, 2.24) is 15.1 Å². The first-order valence-electron chi connectivity index (χ1n) is 8.50. The van der Waals surface area contributed by atoms with Crippen LogP contribution in [0.15, 0.2) is 30.3 Å². The van der Waals surface area contributed by atoms with Crippen molar-refractivity contribution in [2.75, 3.05) is 39.3 Å². The van der Waals surface area contributed by atoms with Crippen LogP contribution in [0.1, 0.15) is 25.8 Å². The second-order valence-electron chi connectivity index (χ2n) is 5.96. The van der Waals surface area contributed by atoms with E-state index in [9.17, 15) is 4.79 Å². The molecule has 0 aliphatic carbocycles. The number of nitrogens with one attached hydrogen (secondary N) is 1. The van der Waals surface area contributed by atoms with E-state index in [1.54, 1.807) is 0 Å². The van der Waals surface area contributed by atoms with E-state index in [0.717, 1.165) is 52.2 Å². The van der Waals surface area contributed by atoms with Crippen LogP contribution in [-0.2, 0) is 11.3 Å². The zero-order valence-corrected chi connectivity index (χ0v) is 13.9. The van der Waals surface area contributed by atoms with Gasteiger partial charge in [-0.2, -0.15) is 0 Å². The summed E-state index contributed by atoms with van der Waals surface area (Å²) in [5.41, 5.74) is 1.21. The van der Waals surface area contributed by atoms with Gasteiger partial charge in [0.1, 0.15) is 0 Å². The molecule has 1 fully saturated rings. The number of carbonyl (C=O) groups is 1. The largest absolute Gasteiger partial charge is 0.337 e. The third-order valence-electron chi connectivity index (χ3n) is 4.52. The Morgan fingerprint density at radius 2 is 1.91 bits per heavy atom. The van der Waals surface area contributed by atoms with Crippen LogP contribution >= 0.6 is 0 Å². The van der Waals surface area contributed by atoms with Crippen LogP contribution in [0.4, 0.5) is 0 Å². The van der Waals surface area contributed by atoms with Crippen LogP contribution in [0.2, 0.25) is 0 Å². The van der Waals surface area contributed by atoms with Gasteiger partial charge >= 0.3 is 0 Å². The highest BCUT2D eigenvalue weighted by atomic mass is 16.2. The molecule has 1 aliphatic rings. The van der Waals surface area contributed by atoms with E-state index in [2.05, 4.69) is 36.2 Å². The summed E-state index contributed by atoms with van der Waals surface area (Å²) in [6, 6.07) is 10.3. The van der Waals surface area contributed by atoms with Crippen molar-refractivity contribution >= 4 is 5.91 Å². The van der Waals surface area contributed by atoms with E-state index in [0.29, 0.717) is 5.91 Å². The summed E-state index contributed by atoms with van der Waals surface area (Å²) >= 11 is 0. The first-order chi connectivity index (χ1) is 10.7. The predicted octanol–water partition coefficient (Wildman–Crippen LogP) is 1.97. The minimum Gasteiger partial charge on any atom is -0.337 e. The second kappa shape index (κ2) is 8.91. The van der Waals surface area contributed by atoms with Crippen molar-refractivity contribution in [3.05, 3.63) is 35.9 Å². The molecule has 0 saturated carbocycles. The lowest BCUT2D eigenvalue weighted by atomic mass is 10.1. The maximum absolute atomic E-state index is 12.8. The first-order valence-corrected chi connectivity index (χ1v) is 8.50. The van der Waals surface area contributed by atoms with Gasteiger partial charge in [0.2, 0.25) is 5.91 Å². The van der Waals surface area contributed by atoms with Crippen molar-refractivity contribution in [2.45, 2.75) is 26.8 Å². The third kappa shape index (κ3) is 4.82. The molecule has 0 aromatic heterocycles. The molecule has 0 spiro atoms. The molecule has 1 heterocycles. The molecule has 1 aromatic rings. The fraction of sp³-hybridized carbons (Fsp3) is 0.611. The summed E-state index contributed by atoms with van der Waals surface area (Å²) in [7, 11) is 0. The molecule has 122 valence electrons. The standard InChI is InChI=1S/C18H29N3O/c1-3-20(4-2)12-13-21(15-16-8-6-5-7-9-16)18(22)17-10-11-19-14-17/h5-9,17,19H,3-4,10-15H2,1-2H3. The highest BCUT2D eigenvalue weighted by Gasteiger charge is 2.27. The zero-order valence-electron chi connectivity index (χ0n) is 13.9. The highest BCUT2D eigenvalue weighted by Crippen LogP contribution is 2.14. The maximum atomic E-state index is 12.8. The average molecular weight is 303 g/mol. The first kappa shape index (κ1) is 17.0. The molecule has 2 rings (SSSR count). The number of hydrogen-bond donors (Lipinski definition) is 1. The van der Waals surface area contributed by atoms with Gasteiger partial charge in [-0.05, 0) is 31.6 Å². The van der Waals surface area contributed by atoms with Crippen molar-refractivity contribution in [3.8, 4) is 0 Å². The minimum absolute atomic E-state index is 0.153. The Balaban J connectivity index is 2.00. The van der Waals surface area contributed by atoms with Crippen LogP contribution in [0.25, 0.3) is 0 Å². The molecular weight excluding hydrogens is 274 g/mol. The third-order valence-corrected chi connectivity index (χ3v) is 4.52. The molecule has 1 aromatic carbocycles. The van der Waals surface area contributed by atoms with Crippen LogP contribution < -0.4 is 5.32 Å². The molecule has 4 heteroatoms. The normalized spacial score (nSPS) is 17.9. The van der Waals surface area contributed by atoms with E-state index in [1.165, 1.54) is 5.56 Å². The SMILES string of the molecule is CCN(CC)CCN(Cc1ccccc1)C(=O)C1CCNC1. The highest BCUT2D eigenvalue weighted by molar-refractivity contribution is 5.79. The van der Waals surface area contributed by atoms with Crippen LogP contribution in [0, 0.1) is 5.92 Å². The van der Waals surface area contributed by atoms with Crippen molar-refractivity contribution in [1.29, 1.82) is 0 Å². The Morgan fingerprint density at radius 1 is 1.18 bits per heavy atom. The Bertz CT molecular complexity index is 439.